The highest BCUT2D eigenvalue weighted by molar-refractivity contribution is 7.00. The van der Waals surface area contributed by atoms with E-state index in [1.54, 1.807) is 0 Å². The van der Waals surface area contributed by atoms with E-state index in [0.29, 0.717) is 0 Å². The van der Waals surface area contributed by atoms with Crippen LogP contribution in [0.1, 0.15) is 211 Å². The van der Waals surface area contributed by atoms with Crippen molar-refractivity contribution in [3.05, 3.63) is 342 Å². The van der Waals surface area contributed by atoms with Crippen LogP contribution in [0.4, 0.5) is 34.1 Å². The Balaban J connectivity index is 1.02. The number of aromatic nitrogens is 2. The predicted molar refractivity (Wildman–Crippen MR) is 553 cm³/mol. The lowest BCUT2D eigenvalue weighted by atomic mass is 9.33. The smallest absolute Gasteiger partial charge is 0.252 e. The van der Waals surface area contributed by atoms with Crippen LogP contribution >= 0.6 is 0 Å². The number of anilines is 6. The molecule has 3 aromatic heterocycles. The first-order chi connectivity index (χ1) is 60.5. The monoisotopic (exact) mass is 1670 g/mol. The van der Waals surface area contributed by atoms with Crippen LogP contribution in [-0.4, -0.2) is 15.8 Å². The number of furan rings is 1. The molecule has 0 bridgehead atoms. The SMILES string of the molecule is CC(C)(C)c1cc(-c2cc3c4c(c2)N(c2c(-c5ccccc5)cc(C(C)(C)C)cc2-c2cccc5oc6ccccc6c25)c2cc(-n5c6ccc(C(C)(C)C)cc6c6cc(C(C)(C)C)ccc65)ccc2B4c2ccc(-n4c5ccc(C(C)(C)C)cc5c5cc(C(C)(C)C)ccc54)cc2N3c2c(-c3ccccc3)cc(C(C)(C)C)cc2-c2ccccc2)cc(C(C)(C)C)c1. The molecule has 6 heteroatoms. The summed E-state index contributed by atoms with van der Waals surface area (Å²) in [5.41, 5.74) is 39.0. The lowest BCUT2D eigenvalue weighted by molar-refractivity contribution is 0.569. The minimum atomic E-state index is -0.350. The van der Waals surface area contributed by atoms with Crippen LogP contribution in [0.3, 0.4) is 0 Å². The molecular formula is C122H121BN4O. The molecule has 0 unspecified atom stereocenters. The normalized spacial score (nSPS) is 13.6. The fourth-order valence-electron chi connectivity index (χ4n) is 20.4. The van der Waals surface area contributed by atoms with Gasteiger partial charge in [-0.05, 0) is 259 Å². The molecule has 0 fully saturated rings. The largest absolute Gasteiger partial charge is 0.456 e. The summed E-state index contributed by atoms with van der Waals surface area (Å²) in [7, 11) is 0. The van der Waals surface area contributed by atoms with Crippen molar-refractivity contribution in [1.82, 2.24) is 9.13 Å². The molecule has 0 saturated carbocycles. The molecule has 0 N–H and O–H groups in total. The van der Waals surface area contributed by atoms with Gasteiger partial charge in [-0.25, -0.2) is 0 Å². The van der Waals surface area contributed by atoms with Gasteiger partial charge in [0, 0.05) is 88.7 Å². The van der Waals surface area contributed by atoms with Gasteiger partial charge in [-0.15, -0.1) is 0 Å². The highest BCUT2D eigenvalue weighted by Gasteiger charge is 2.47. The van der Waals surface area contributed by atoms with Crippen molar-refractivity contribution >= 4 is 123 Å². The summed E-state index contributed by atoms with van der Waals surface area (Å²) < 4.78 is 12.2. The van der Waals surface area contributed by atoms with Crippen molar-refractivity contribution in [2.24, 2.45) is 0 Å². The van der Waals surface area contributed by atoms with Crippen LogP contribution in [0.5, 0.6) is 0 Å². The second kappa shape index (κ2) is 29.5. The first-order valence-electron chi connectivity index (χ1n) is 46.4. The molecule has 0 saturated heterocycles. The van der Waals surface area contributed by atoms with Crippen molar-refractivity contribution in [3.8, 4) is 67.0 Å². The minimum Gasteiger partial charge on any atom is -0.456 e. The van der Waals surface area contributed by atoms with Gasteiger partial charge in [-0.2, -0.15) is 0 Å². The molecule has 2 aliphatic heterocycles. The van der Waals surface area contributed by atoms with Gasteiger partial charge in [-0.1, -0.05) is 342 Å². The highest BCUT2D eigenvalue weighted by atomic mass is 16.3. The van der Waals surface area contributed by atoms with E-state index in [0.717, 1.165) is 123 Å². The summed E-state index contributed by atoms with van der Waals surface area (Å²) >= 11 is 0. The Kier molecular flexibility index (Phi) is 19.2. The zero-order valence-electron chi connectivity index (χ0n) is 79.6. The van der Waals surface area contributed by atoms with Crippen molar-refractivity contribution in [3.63, 3.8) is 0 Å². The Morgan fingerprint density at radius 1 is 0.219 bits per heavy atom. The molecule has 0 amide bonds. The third kappa shape index (κ3) is 14.1. The third-order valence-electron chi connectivity index (χ3n) is 27.9. The van der Waals surface area contributed by atoms with Gasteiger partial charge < -0.3 is 23.4 Å². The topological polar surface area (TPSA) is 29.5 Å². The summed E-state index contributed by atoms with van der Waals surface area (Å²) in [4.78, 5) is 5.57. The van der Waals surface area contributed by atoms with Gasteiger partial charge in [0.25, 0.3) is 6.71 Å². The van der Waals surface area contributed by atoms with E-state index in [9.17, 15) is 0 Å². The molecule has 18 aromatic rings. The molecule has 20 rings (SSSR count). The van der Waals surface area contributed by atoms with Gasteiger partial charge in [-0.3, -0.25) is 0 Å². The van der Waals surface area contributed by atoms with E-state index in [2.05, 4.69) is 482 Å². The fraction of sp³-hybridized carbons (Fsp3) is 0.262. The van der Waals surface area contributed by atoms with Gasteiger partial charge in [0.15, 0.2) is 0 Å². The zero-order chi connectivity index (χ0) is 89.9. The van der Waals surface area contributed by atoms with Crippen LogP contribution in [-0.2, 0) is 43.3 Å². The van der Waals surface area contributed by atoms with Gasteiger partial charge >= 0.3 is 0 Å². The third-order valence-corrected chi connectivity index (χ3v) is 27.9. The number of benzene rings is 15. The Morgan fingerprint density at radius 3 is 0.906 bits per heavy atom. The van der Waals surface area contributed by atoms with E-state index in [1.807, 2.05) is 0 Å². The number of hydrogen-bond donors (Lipinski definition) is 0. The molecule has 638 valence electrons. The second-order valence-corrected chi connectivity index (χ2v) is 45.1. The molecule has 128 heavy (non-hydrogen) atoms. The first kappa shape index (κ1) is 83.6. The van der Waals surface area contributed by atoms with Crippen LogP contribution in [0.15, 0.2) is 302 Å². The number of rotatable bonds is 9. The number of hydrogen-bond acceptors (Lipinski definition) is 3. The number of fused-ring (bicyclic) bond motifs is 13. The van der Waals surface area contributed by atoms with Crippen LogP contribution in [0, 0.1) is 0 Å². The molecule has 15 aromatic carbocycles. The van der Waals surface area contributed by atoms with E-state index in [4.69, 9.17) is 4.42 Å². The highest BCUT2D eigenvalue weighted by Crippen LogP contribution is 2.58. The molecule has 0 atom stereocenters. The Bertz CT molecular complexity index is 7320. The van der Waals surface area contributed by atoms with Crippen molar-refractivity contribution < 1.29 is 4.42 Å². The fourth-order valence-corrected chi connectivity index (χ4v) is 20.4. The maximum atomic E-state index is 7.07. The predicted octanol–water partition coefficient (Wildman–Crippen LogP) is 32.6. The van der Waals surface area contributed by atoms with Crippen molar-refractivity contribution in [2.75, 3.05) is 9.80 Å². The van der Waals surface area contributed by atoms with E-state index in [1.165, 1.54) is 105 Å². The average Bonchev–Trinajstić information content (AvgIpc) is 0.925. The average molecular weight is 1670 g/mol. The number of para-hydroxylation sites is 1. The number of nitrogens with zero attached hydrogens (tertiary/aromatic N) is 4. The molecule has 2 aliphatic rings. The van der Waals surface area contributed by atoms with Crippen LogP contribution < -0.4 is 26.2 Å². The van der Waals surface area contributed by atoms with Crippen molar-refractivity contribution in [1.29, 1.82) is 0 Å². The molecule has 0 radical (unpaired) electrons. The zero-order valence-corrected chi connectivity index (χ0v) is 79.6. The molecule has 5 nitrogen and oxygen atoms in total. The van der Waals surface area contributed by atoms with E-state index < -0.39 is 0 Å². The Morgan fingerprint density at radius 2 is 0.539 bits per heavy atom. The molecular weight excluding hydrogens is 1550 g/mol. The first-order valence-corrected chi connectivity index (χ1v) is 46.4. The Labute approximate surface area is 759 Å². The van der Waals surface area contributed by atoms with Gasteiger partial charge in [0.05, 0.1) is 33.4 Å². The maximum Gasteiger partial charge on any atom is 0.252 e. The van der Waals surface area contributed by atoms with Gasteiger partial charge in [0.2, 0.25) is 0 Å². The Hall–Kier alpha value is -12.6. The summed E-state index contributed by atoms with van der Waals surface area (Å²) in [5.74, 6) is 0. The summed E-state index contributed by atoms with van der Waals surface area (Å²) in [6.07, 6.45) is 0. The van der Waals surface area contributed by atoms with Gasteiger partial charge in [0.1, 0.15) is 11.2 Å². The summed E-state index contributed by atoms with van der Waals surface area (Å²) in [6, 6.07) is 117. The standard InChI is InChI=1S/C122H121BN4O/c1-115(2,3)79-47-55-101-94(64-79)95-65-80(116(4,5)6)48-56-102(95)124(101)87-51-53-99-105(72-87)126(113-91(74-37-28-25-29-38-74)68-85(121(19,20)21)69-92(113)75-39-30-26-31-40-75)107-61-78(77-59-83(119(13,14)15)63-84(60-77)120(16,17)18)62-108-112(107)123(99)100-54-52-88(125-103-57-49-81(117(7,8)9)66-96(103)97-67-82(118(10,11)12)50-58-104(97)125)73-106(100)127(108)114-93(76-41-32-27-33-42-76)70-86(122(22,23)24)71-98(114)89-44-36-46-110-111(89)90-43-34-35-45-109(90)128-110/h25-73H,1-24H3. The summed E-state index contributed by atoms with van der Waals surface area (Å²) in [5, 5.41) is 7.16. The van der Waals surface area contributed by atoms with E-state index >= 15 is 0 Å². The van der Waals surface area contributed by atoms with E-state index in [-0.39, 0.29) is 50.0 Å². The molecule has 0 spiro atoms. The summed E-state index contributed by atoms with van der Waals surface area (Å²) in [6.45, 7) is 56.4. The lowest BCUT2D eigenvalue weighted by Crippen LogP contribution is -2.61. The minimum absolute atomic E-state index is 0.0921. The second-order valence-electron chi connectivity index (χ2n) is 45.1. The van der Waals surface area contributed by atoms with Crippen LogP contribution in [0.2, 0.25) is 0 Å². The van der Waals surface area contributed by atoms with Crippen LogP contribution in [0.25, 0.3) is 133 Å². The van der Waals surface area contributed by atoms with Crippen molar-refractivity contribution in [2.45, 2.75) is 209 Å². The molecule has 0 aliphatic carbocycles. The quantitative estimate of drug-likeness (QED) is 0.135. The maximum absolute atomic E-state index is 7.07. The molecule has 5 heterocycles. The lowest BCUT2D eigenvalue weighted by Gasteiger charge is -2.46.